The highest BCUT2D eigenvalue weighted by atomic mass is 35.5. The molecule has 3 aromatic rings. The van der Waals surface area contributed by atoms with Crippen LogP contribution in [0.5, 0.6) is 0 Å². The molecule has 0 aliphatic heterocycles. The molecule has 0 spiro atoms. The van der Waals surface area contributed by atoms with Gasteiger partial charge in [-0.1, -0.05) is 17.7 Å². The number of anilines is 2. The Bertz CT molecular complexity index is 861. The third-order valence-electron chi connectivity index (χ3n) is 3.49. The predicted octanol–water partition coefficient (Wildman–Crippen LogP) is 4.41. The largest absolute Gasteiger partial charge is 0.341 e. The van der Waals surface area contributed by atoms with Gasteiger partial charge >= 0.3 is 0 Å². The van der Waals surface area contributed by atoms with Crippen molar-refractivity contribution in [2.24, 2.45) is 0 Å². The fraction of sp³-hybridized carbons (Fsp3) is 0.250. The third-order valence-corrected chi connectivity index (χ3v) is 5.42. The average molecular weight is 394 g/mol. The molecule has 3 rings (SSSR count). The van der Waals surface area contributed by atoms with Crippen LogP contribution in [0.2, 0.25) is 5.02 Å². The van der Waals surface area contributed by atoms with Crippen LogP contribution < -0.4 is 10.2 Å². The Hall–Kier alpha value is -2.03. The summed E-state index contributed by atoms with van der Waals surface area (Å²) in [5.41, 5.74) is 0.986. The number of nitrogens with zero attached hydrogens (tertiary/aromatic N) is 4. The lowest BCUT2D eigenvalue weighted by molar-refractivity contribution is 0.102. The van der Waals surface area contributed by atoms with Gasteiger partial charge in [0.1, 0.15) is 0 Å². The number of hydrogen-bond donors (Lipinski definition) is 1. The molecule has 0 fully saturated rings. The van der Waals surface area contributed by atoms with Crippen molar-refractivity contribution >= 4 is 51.3 Å². The quantitative estimate of drug-likeness (QED) is 0.671. The maximum Gasteiger partial charge on any atom is 0.277 e. The summed E-state index contributed by atoms with van der Waals surface area (Å²) >= 11 is 9.08. The minimum atomic E-state index is -0.395. The first-order valence-electron chi connectivity index (χ1n) is 7.70. The molecule has 130 valence electrons. The first kappa shape index (κ1) is 17.8. The van der Waals surface area contributed by atoms with Gasteiger partial charge in [-0.05, 0) is 25.3 Å². The minimum absolute atomic E-state index is 0.145. The lowest BCUT2D eigenvalue weighted by Crippen LogP contribution is -2.25. The Kier molecular flexibility index (Phi) is 5.62. The van der Waals surface area contributed by atoms with E-state index in [9.17, 15) is 4.79 Å². The Morgan fingerprint density at radius 1 is 1.28 bits per heavy atom. The van der Waals surface area contributed by atoms with E-state index in [0.29, 0.717) is 11.1 Å². The van der Waals surface area contributed by atoms with Gasteiger partial charge in [0.2, 0.25) is 5.95 Å². The van der Waals surface area contributed by atoms with Gasteiger partial charge in [-0.2, -0.15) is 0 Å². The van der Waals surface area contributed by atoms with Crippen LogP contribution in [0.15, 0.2) is 29.1 Å². The summed E-state index contributed by atoms with van der Waals surface area (Å²) in [5, 5.41) is 7.38. The Morgan fingerprint density at radius 3 is 2.76 bits per heavy atom. The third kappa shape index (κ3) is 3.97. The van der Waals surface area contributed by atoms with Gasteiger partial charge in [-0.15, -0.1) is 22.7 Å². The average Bonchev–Trinajstić information content (AvgIpc) is 3.28. The summed E-state index contributed by atoms with van der Waals surface area (Å²) in [5.74, 6) is 0.0887. The monoisotopic (exact) mass is 393 g/mol. The topological polar surface area (TPSA) is 71.0 Å². The lowest BCUT2D eigenvalue weighted by Gasteiger charge is -2.18. The molecule has 0 aromatic carbocycles. The van der Waals surface area contributed by atoms with Crippen molar-refractivity contribution in [1.82, 2.24) is 15.0 Å². The van der Waals surface area contributed by atoms with E-state index in [1.165, 1.54) is 17.5 Å². The number of nitrogens with one attached hydrogen (secondary N) is 1. The second-order valence-corrected chi connectivity index (χ2v) is 7.22. The van der Waals surface area contributed by atoms with Gasteiger partial charge < -0.3 is 4.90 Å². The lowest BCUT2D eigenvalue weighted by atomic mass is 10.4. The summed E-state index contributed by atoms with van der Waals surface area (Å²) in [6.07, 6.45) is 1.45. The zero-order valence-electron chi connectivity index (χ0n) is 13.7. The van der Waals surface area contributed by atoms with E-state index in [4.69, 9.17) is 11.6 Å². The summed E-state index contributed by atoms with van der Waals surface area (Å²) < 4.78 is 0. The number of carbonyl (C=O) groups excluding carboxylic acids is 1. The summed E-state index contributed by atoms with van der Waals surface area (Å²) in [6, 6.07) is 3.95. The second kappa shape index (κ2) is 7.90. The number of amides is 1. The molecule has 0 radical (unpaired) electrons. The van der Waals surface area contributed by atoms with Gasteiger partial charge in [-0.25, -0.2) is 15.0 Å². The molecule has 1 amide bonds. The number of hydrogen-bond acceptors (Lipinski definition) is 7. The SMILES string of the molecule is CCN(CC)c1ncc(Cl)c(C(=O)Nc2nc(-c3cccs3)cs2)n1. The van der Waals surface area contributed by atoms with Gasteiger partial charge in [0, 0.05) is 18.5 Å². The molecule has 6 nitrogen and oxygen atoms in total. The highest BCUT2D eigenvalue weighted by Gasteiger charge is 2.18. The highest BCUT2D eigenvalue weighted by molar-refractivity contribution is 7.16. The first-order chi connectivity index (χ1) is 12.1. The Balaban J connectivity index is 1.80. The first-order valence-corrected chi connectivity index (χ1v) is 9.84. The van der Waals surface area contributed by atoms with Crippen molar-refractivity contribution in [3.8, 4) is 10.6 Å². The summed E-state index contributed by atoms with van der Waals surface area (Å²) in [6.45, 7) is 5.50. The molecule has 0 aliphatic carbocycles. The minimum Gasteiger partial charge on any atom is -0.341 e. The van der Waals surface area contributed by atoms with Crippen molar-refractivity contribution in [3.63, 3.8) is 0 Å². The fourth-order valence-corrected chi connectivity index (χ4v) is 3.84. The van der Waals surface area contributed by atoms with Crippen molar-refractivity contribution in [3.05, 3.63) is 39.8 Å². The molecular formula is C16H16ClN5OS2. The summed E-state index contributed by atoms with van der Waals surface area (Å²) in [7, 11) is 0. The van der Waals surface area contributed by atoms with Gasteiger partial charge in [0.05, 0.1) is 21.8 Å². The summed E-state index contributed by atoms with van der Waals surface area (Å²) in [4.78, 5) is 28.5. The molecule has 0 unspecified atom stereocenters. The van der Waals surface area contributed by atoms with E-state index >= 15 is 0 Å². The zero-order valence-corrected chi connectivity index (χ0v) is 16.1. The Labute approximate surface area is 158 Å². The number of rotatable bonds is 6. The van der Waals surface area contributed by atoms with Crippen LogP contribution in [-0.4, -0.2) is 33.9 Å². The van der Waals surface area contributed by atoms with Gasteiger partial charge in [0.15, 0.2) is 10.8 Å². The number of carbonyl (C=O) groups is 1. The van der Waals surface area contributed by atoms with E-state index in [0.717, 1.165) is 23.7 Å². The van der Waals surface area contributed by atoms with Crippen molar-refractivity contribution in [2.75, 3.05) is 23.3 Å². The maximum atomic E-state index is 12.5. The van der Waals surface area contributed by atoms with Crippen LogP contribution in [0.25, 0.3) is 10.6 Å². The normalized spacial score (nSPS) is 10.7. The van der Waals surface area contributed by atoms with E-state index in [1.54, 1.807) is 11.3 Å². The van der Waals surface area contributed by atoms with Crippen molar-refractivity contribution in [2.45, 2.75) is 13.8 Å². The van der Waals surface area contributed by atoms with Crippen molar-refractivity contribution in [1.29, 1.82) is 0 Å². The van der Waals surface area contributed by atoms with Crippen LogP contribution in [-0.2, 0) is 0 Å². The highest BCUT2D eigenvalue weighted by Crippen LogP contribution is 2.28. The van der Waals surface area contributed by atoms with E-state index in [2.05, 4.69) is 20.3 Å². The molecule has 0 saturated heterocycles. The molecule has 0 saturated carbocycles. The molecule has 0 aliphatic rings. The predicted molar refractivity (Wildman–Crippen MR) is 104 cm³/mol. The van der Waals surface area contributed by atoms with Crippen LogP contribution in [0.1, 0.15) is 24.3 Å². The zero-order chi connectivity index (χ0) is 17.8. The smallest absolute Gasteiger partial charge is 0.277 e. The van der Waals surface area contributed by atoms with Crippen LogP contribution in [0.3, 0.4) is 0 Å². The fourth-order valence-electron chi connectivity index (χ4n) is 2.20. The van der Waals surface area contributed by atoms with E-state index in [1.807, 2.05) is 41.6 Å². The molecule has 25 heavy (non-hydrogen) atoms. The van der Waals surface area contributed by atoms with E-state index < -0.39 is 5.91 Å². The van der Waals surface area contributed by atoms with Gasteiger partial charge in [-0.3, -0.25) is 10.1 Å². The molecule has 0 atom stereocenters. The molecular weight excluding hydrogens is 378 g/mol. The van der Waals surface area contributed by atoms with Crippen LogP contribution >= 0.6 is 34.3 Å². The number of halogens is 1. The number of thiophene rings is 1. The molecule has 0 bridgehead atoms. The van der Waals surface area contributed by atoms with Crippen LogP contribution in [0, 0.1) is 0 Å². The van der Waals surface area contributed by atoms with Crippen molar-refractivity contribution < 1.29 is 4.79 Å². The van der Waals surface area contributed by atoms with Crippen LogP contribution in [0.4, 0.5) is 11.1 Å². The maximum absolute atomic E-state index is 12.5. The second-order valence-electron chi connectivity index (χ2n) is 5.01. The van der Waals surface area contributed by atoms with E-state index in [-0.39, 0.29) is 10.7 Å². The number of thiazole rings is 1. The molecule has 1 N–H and O–H groups in total. The Morgan fingerprint density at radius 2 is 2.08 bits per heavy atom. The van der Waals surface area contributed by atoms with Gasteiger partial charge in [0.25, 0.3) is 5.91 Å². The standard InChI is InChI=1S/C16H16ClN5OS2/c1-3-22(4-2)15-18-8-10(17)13(20-15)14(23)21-16-19-11(9-25-16)12-6-5-7-24-12/h5-9H,3-4H2,1-2H3,(H,19,21,23). The molecule has 9 heteroatoms. The number of aromatic nitrogens is 3. The molecule has 3 aromatic heterocycles. The molecule has 3 heterocycles.